The van der Waals surface area contributed by atoms with Crippen molar-refractivity contribution < 1.29 is 41.6 Å². The summed E-state index contributed by atoms with van der Waals surface area (Å²) in [5.74, 6) is -0.647. The van der Waals surface area contributed by atoms with Crippen molar-refractivity contribution >= 4 is 60.8 Å². The number of unbranched alkanes of at least 4 members (excludes halogenated alkanes) is 28. The van der Waals surface area contributed by atoms with Crippen LogP contribution < -0.4 is 0 Å². The second kappa shape index (κ2) is 41.6. The molecule has 0 aromatic heterocycles. The van der Waals surface area contributed by atoms with Gasteiger partial charge < -0.3 is 4.74 Å². The SMILES string of the molecule is CCCCCCCCCCCCCCCCCC(=O)OC(=O)CCCCCCCCCCCCCCCCC.[BaH2].[Cd]. The maximum atomic E-state index is 11.9. The van der Waals surface area contributed by atoms with Crippen LogP contribution in [-0.4, -0.2) is 60.8 Å². The molecule has 0 aromatic rings. The minimum absolute atomic E-state index is 0. The van der Waals surface area contributed by atoms with Gasteiger partial charge in [0.2, 0.25) is 0 Å². The summed E-state index contributed by atoms with van der Waals surface area (Å²) in [6.45, 7) is 4.55. The van der Waals surface area contributed by atoms with E-state index in [9.17, 15) is 9.59 Å². The summed E-state index contributed by atoms with van der Waals surface area (Å²) in [5.41, 5.74) is 0. The first-order valence-electron chi connectivity index (χ1n) is 17.9. The van der Waals surface area contributed by atoms with E-state index >= 15 is 0 Å². The fraction of sp³-hybridized carbons (Fsp3) is 0.944. The summed E-state index contributed by atoms with van der Waals surface area (Å²) >= 11 is 0. The average molecular weight is 803 g/mol. The Bertz CT molecular complexity index is 471. The van der Waals surface area contributed by atoms with E-state index in [0.29, 0.717) is 12.8 Å². The maximum Gasteiger partial charge on any atom is 0 e. The second-order valence-electron chi connectivity index (χ2n) is 12.2. The molecule has 0 fully saturated rings. The Labute approximate surface area is 318 Å². The smallest absolute Gasteiger partial charge is 0 e. The van der Waals surface area contributed by atoms with E-state index < -0.39 is 0 Å². The summed E-state index contributed by atoms with van der Waals surface area (Å²) in [6.07, 6.45) is 40.1. The summed E-state index contributed by atoms with van der Waals surface area (Å²) < 4.78 is 5.01. The van der Waals surface area contributed by atoms with E-state index in [1.54, 1.807) is 0 Å². The van der Waals surface area contributed by atoms with Crippen molar-refractivity contribution in [2.75, 3.05) is 0 Å². The Balaban J connectivity index is -0.00000722. The number of esters is 2. The van der Waals surface area contributed by atoms with Crippen LogP contribution in [0, 0.1) is 0 Å². The summed E-state index contributed by atoms with van der Waals surface area (Å²) in [6, 6.07) is 0. The van der Waals surface area contributed by atoms with Gasteiger partial charge in [0.05, 0.1) is 0 Å². The number of ether oxygens (including phenoxy) is 1. The molecule has 0 unspecified atom stereocenters. The van der Waals surface area contributed by atoms with Gasteiger partial charge in [-0.2, -0.15) is 0 Å². The molecule has 238 valence electrons. The van der Waals surface area contributed by atoms with E-state index in [2.05, 4.69) is 13.8 Å². The molecular formula is C36H72BaCdO3. The fourth-order valence-electron chi connectivity index (χ4n) is 5.51. The molecule has 0 spiro atoms. The number of carbonyl (C=O) groups excluding carboxylic acids is 2. The fourth-order valence-corrected chi connectivity index (χ4v) is 5.51. The molecule has 0 aliphatic heterocycles. The molecule has 0 bridgehead atoms. The minimum atomic E-state index is -0.323. The van der Waals surface area contributed by atoms with Crippen molar-refractivity contribution in [2.24, 2.45) is 0 Å². The van der Waals surface area contributed by atoms with E-state index in [1.807, 2.05) is 0 Å². The molecule has 0 rings (SSSR count). The zero-order chi connectivity index (χ0) is 28.5. The van der Waals surface area contributed by atoms with E-state index in [-0.39, 0.29) is 88.1 Å². The van der Waals surface area contributed by atoms with E-state index in [0.717, 1.165) is 25.7 Å². The predicted octanol–water partition coefficient (Wildman–Crippen LogP) is 11.7. The third kappa shape index (κ3) is 41.6. The van der Waals surface area contributed by atoms with Crippen LogP contribution in [-0.2, 0) is 41.6 Å². The first-order chi connectivity index (χ1) is 19.2. The van der Waals surface area contributed by atoms with Crippen molar-refractivity contribution in [3.8, 4) is 0 Å². The quantitative estimate of drug-likeness (QED) is 0.0294. The predicted molar refractivity (Wildman–Crippen MR) is 179 cm³/mol. The van der Waals surface area contributed by atoms with Crippen LogP contribution in [0.2, 0.25) is 0 Å². The van der Waals surface area contributed by atoms with Crippen LogP contribution in [0.5, 0.6) is 0 Å². The van der Waals surface area contributed by atoms with Gasteiger partial charge >= 0.3 is 60.8 Å². The van der Waals surface area contributed by atoms with Crippen LogP contribution in [0.1, 0.15) is 219 Å². The van der Waals surface area contributed by atoms with Gasteiger partial charge in [-0.05, 0) is 12.8 Å². The van der Waals surface area contributed by atoms with Crippen LogP contribution in [0.15, 0.2) is 0 Å². The maximum absolute atomic E-state index is 11.9. The van der Waals surface area contributed by atoms with Gasteiger partial charge in [0.15, 0.2) is 0 Å². The normalized spacial score (nSPS) is 10.7. The monoisotopic (exact) mass is 804 g/mol. The molecule has 0 atom stereocenters. The van der Waals surface area contributed by atoms with Gasteiger partial charge in [-0.1, -0.05) is 194 Å². The van der Waals surface area contributed by atoms with Crippen molar-refractivity contribution in [3.05, 3.63) is 0 Å². The standard InChI is InChI=1S/C36H70O3.Ba.Cd.2H/c1-3-5-7-9-11-13-15-17-19-21-23-25-27-29-31-33-35(37)39-36(38)34-32-30-28-26-24-22-20-18-16-14-12-10-8-6-4-2;;;;/h3-34H2,1-2H3;;;;. The molecule has 0 saturated carbocycles. The molecule has 3 nitrogen and oxygen atoms in total. The Kier molecular flexibility index (Phi) is 47.8. The van der Waals surface area contributed by atoms with Gasteiger partial charge in [-0.3, -0.25) is 9.59 Å². The third-order valence-electron chi connectivity index (χ3n) is 8.20. The van der Waals surface area contributed by atoms with Gasteiger partial charge in [-0.25, -0.2) is 0 Å². The first kappa shape index (κ1) is 47.0. The number of carbonyl (C=O) groups is 2. The van der Waals surface area contributed by atoms with Crippen molar-refractivity contribution in [2.45, 2.75) is 219 Å². The molecule has 0 aliphatic rings. The van der Waals surface area contributed by atoms with E-state index in [4.69, 9.17) is 4.74 Å². The molecule has 0 N–H and O–H groups in total. The molecular weight excluding hydrogens is 730 g/mol. The number of rotatable bonds is 32. The number of hydrogen-bond donors (Lipinski definition) is 0. The Morgan fingerprint density at radius 3 is 0.707 bits per heavy atom. The van der Waals surface area contributed by atoms with Gasteiger partial charge in [0.25, 0.3) is 0 Å². The van der Waals surface area contributed by atoms with Gasteiger partial charge in [-0.15, -0.1) is 0 Å². The molecule has 0 aromatic carbocycles. The molecule has 0 amide bonds. The zero-order valence-electron chi connectivity index (χ0n) is 27.6. The molecule has 0 heterocycles. The molecule has 5 heteroatoms. The van der Waals surface area contributed by atoms with Gasteiger partial charge in [0.1, 0.15) is 0 Å². The van der Waals surface area contributed by atoms with Crippen LogP contribution in [0.3, 0.4) is 0 Å². The van der Waals surface area contributed by atoms with Crippen LogP contribution in [0.25, 0.3) is 0 Å². The number of hydrogen-bond acceptors (Lipinski definition) is 3. The average Bonchev–Trinajstić information content (AvgIpc) is 2.93. The summed E-state index contributed by atoms with van der Waals surface area (Å²) in [4.78, 5) is 23.8. The second-order valence-corrected chi connectivity index (χ2v) is 12.2. The van der Waals surface area contributed by atoms with Crippen molar-refractivity contribution in [1.29, 1.82) is 0 Å². The zero-order valence-corrected chi connectivity index (χ0v) is 31.6. The van der Waals surface area contributed by atoms with Crippen LogP contribution in [0.4, 0.5) is 0 Å². The molecule has 41 heavy (non-hydrogen) atoms. The molecule has 0 aliphatic carbocycles. The van der Waals surface area contributed by atoms with Gasteiger partial charge in [0, 0.05) is 40.1 Å². The molecule has 0 saturated heterocycles. The topological polar surface area (TPSA) is 43.4 Å². The summed E-state index contributed by atoms with van der Waals surface area (Å²) in [5, 5.41) is 0. The summed E-state index contributed by atoms with van der Waals surface area (Å²) in [7, 11) is 0. The van der Waals surface area contributed by atoms with Crippen molar-refractivity contribution in [3.63, 3.8) is 0 Å². The Morgan fingerprint density at radius 1 is 0.341 bits per heavy atom. The minimum Gasteiger partial charge on any atom is 0 e. The van der Waals surface area contributed by atoms with E-state index in [1.165, 1.54) is 167 Å². The van der Waals surface area contributed by atoms with Crippen LogP contribution >= 0.6 is 0 Å². The third-order valence-corrected chi connectivity index (χ3v) is 8.20. The largest absolute Gasteiger partial charge is 0 e. The Hall–Kier alpha value is 1.63. The first-order valence-corrected chi connectivity index (χ1v) is 17.9. The van der Waals surface area contributed by atoms with Crippen molar-refractivity contribution in [1.82, 2.24) is 0 Å². The molecule has 0 radical (unpaired) electrons. The Morgan fingerprint density at radius 2 is 0.512 bits per heavy atom.